The normalized spacial score (nSPS) is 11.2. The minimum atomic E-state index is -3.66. The van der Waals surface area contributed by atoms with Gasteiger partial charge in [0.05, 0.1) is 16.2 Å². The van der Waals surface area contributed by atoms with E-state index in [1.54, 1.807) is 6.92 Å². The van der Waals surface area contributed by atoms with Crippen molar-refractivity contribution in [3.63, 3.8) is 0 Å². The molecule has 0 amide bonds. The van der Waals surface area contributed by atoms with E-state index in [-0.39, 0.29) is 10.6 Å². The first-order chi connectivity index (χ1) is 7.74. The molecule has 0 fully saturated rings. The monoisotopic (exact) mass is 258 g/mol. The maximum atomic E-state index is 13.1. The van der Waals surface area contributed by atoms with Crippen LogP contribution in [-0.2, 0) is 9.84 Å². The summed E-state index contributed by atoms with van der Waals surface area (Å²) in [6, 6.07) is 2.69. The number of rotatable bonds is 4. The van der Waals surface area contributed by atoms with Crippen LogP contribution in [0.1, 0.15) is 17.3 Å². The van der Waals surface area contributed by atoms with Crippen LogP contribution in [0.3, 0.4) is 0 Å². The third-order valence-electron chi connectivity index (χ3n) is 1.96. The maximum absolute atomic E-state index is 13.1. The lowest BCUT2D eigenvalue weighted by molar-refractivity contribution is 0.0691. The molecule has 0 aliphatic carbocycles. The molecule has 0 aliphatic heterocycles. The highest BCUT2D eigenvalue weighted by atomic mass is 32.2. The van der Waals surface area contributed by atoms with E-state index in [4.69, 9.17) is 5.11 Å². The molecule has 1 aromatic carbocycles. The van der Waals surface area contributed by atoms with Crippen LogP contribution in [-0.4, -0.2) is 25.2 Å². The van der Waals surface area contributed by atoms with Gasteiger partial charge in [-0.05, 0) is 25.1 Å². The highest BCUT2D eigenvalue weighted by molar-refractivity contribution is 7.91. The summed E-state index contributed by atoms with van der Waals surface area (Å²) in [5, 5.41) is 8.69. The second kappa shape index (κ2) is 4.67. The summed E-state index contributed by atoms with van der Waals surface area (Å²) >= 11 is 0. The summed E-state index contributed by atoms with van der Waals surface area (Å²) in [7, 11) is -3.66. The van der Waals surface area contributed by atoms with Gasteiger partial charge in [0.1, 0.15) is 5.82 Å². The minimum Gasteiger partial charge on any atom is -0.478 e. The molecule has 0 bridgehead atoms. The molecule has 0 heterocycles. The summed E-state index contributed by atoms with van der Waals surface area (Å²) in [4.78, 5) is 10.4. The third-order valence-corrected chi connectivity index (χ3v) is 3.81. The van der Waals surface area contributed by atoms with E-state index in [0.29, 0.717) is 5.57 Å². The highest BCUT2D eigenvalue weighted by Crippen LogP contribution is 2.17. The lowest BCUT2D eigenvalue weighted by Gasteiger charge is -2.05. The number of carboxylic acid groups (broad SMARTS) is 1. The summed E-state index contributed by atoms with van der Waals surface area (Å²) in [6.07, 6.45) is 0. The van der Waals surface area contributed by atoms with E-state index < -0.39 is 27.2 Å². The van der Waals surface area contributed by atoms with Gasteiger partial charge in [0, 0.05) is 0 Å². The predicted octanol–water partition coefficient (Wildman–Crippen LogP) is 1.87. The lowest BCUT2D eigenvalue weighted by Crippen LogP contribution is -2.10. The van der Waals surface area contributed by atoms with Gasteiger partial charge in [-0.2, -0.15) is 0 Å². The van der Waals surface area contributed by atoms with Crippen molar-refractivity contribution in [2.75, 3.05) is 5.75 Å². The summed E-state index contributed by atoms with van der Waals surface area (Å²) in [5.74, 6) is -2.76. The summed E-state index contributed by atoms with van der Waals surface area (Å²) in [6.45, 7) is 5.01. The van der Waals surface area contributed by atoms with E-state index in [1.807, 2.05) is 0 Å². The van der Waals surface area contributed by atoms with Crippen molar-refractivity contribution in [1.82, 2.24) is 0 Å². The molecule has 0 aromatic heterocycles. The Kier molecular flexibility index (Phi) is 3.67. The summed E-state index contributed by atoms with van der Waals surface area (Å²) < 4.78 is 36.6. The Hall–Kier alpha value is -1.69. The number of benzene rings is 1. The van der Waals surface area contributed by atoms with Crippen LogP contribution in [0.4, 0.5) is 4.39 Å². The van der Waals surface area contributed by atoms with Crippen molar-refractivity contribution in [2.45, 2.75) is 11.8 Å². The number of carbonyl (C=O) groups is 1. The maximum Gasteiger partial charge on any atom is 0.338 e. The van der Waals surface area contributed by atoms with Crippen LogP contribution in [0.2, 0.25) is 0 Å². The van der Waals surface area contributed by atoms with E-state index in [0.717, 1.165) is 18.2 Å². The molecule has 17 heavy (non-hydrogen) atoms. The van der Waals surface area contributed by atoms with Crippen molar-refractivity contribution in [3.05, 3.63) is 41.7 Å². The zero-order valence-electron chi connectivity index (χ0n) is 9.10. The zero-order chi connectivity index (χ0) is 13.2. The molecule has 0 spiro atoms. The first-order valence-electron chi connectivity index (χ1n) is 4.64. The molecule has 0 atom stereocenters. The zero-order valence-corrected chi connectivity index (χ0v) is 9.92. The molecule has 6 heteroatoms. The van der Waals surface area contributed by atoms with Gasteiger partial charge in [-0.1, -0.05) is 12.2 Å². The quantitative estimate of drug-likeness (QED) is 0.661. The fraction of sp³-hybridized carbons (Fsp3) is 0.182. The van der Waals surface area contributed by atoms with Crippen molar-refractivity contribution < 1.29 is 22.7 Å². The minimum absolute atomic E-state index is 0.223. The molecule has 0 aliphatic rings. The van der Waals surface area contributed by atoms with Crippen LogP contribution >= 0.6 is 0 Å². The molecule has 4 nitrogen and oxygen atoms in total. The Labute approximate surface area is 98.3 Å². The van der Waals surface area contributed by atoms with E-state index in [9.17, 15) is 17.6 Å². The van der Waals surface area contributed by atoms with Gasteiger partial charge in [0.2, 0.25) is 0 Å². The van der Waals surface area contributed by atoms with Crippen molar-refractivity contribution in [2.24, 2.45) is 0 Å². The van der Waals surface area contributed by atoms with Crippen LogP contribution in [0.15, 0.2) is 35.2 Å². The average Bonchev–Trinajstić information content (AvgIpc) is 2.15. The van der Waals surface area contributed by atoms with Gasteiger partial charge in [-0.3, -0.25) is 0 Å². The Balaban J connectivity index is 3.30. The van der Waals surface area contributed by atoms with Crippen LogP contribution < -0.4 is 0 Å². The molecule has 92 valence electrons. The van der Waals surface area contributed by atoms with Gasteiger partial charge in [-0.25, -0.2) is 17.6 Å². The predicted molar refractivity (Wildman–Crippen MR) is 60.2 cm³/mol. The van der Waals surface area contributed by atoms with Gasteiger partial charge in [0.25, 0.3) is 0 Å². The molecular formula is C11H11FO4S. The highest BCUT2D eigenvalue weighted by Gasteiger charge is 2.19. The molecule has 0 saturated carbocycles. The number of halogens is 1. The Morgan fingerprint density at radius 3 is 2.53 bits per heavy atom. The second-order valence-corrected chi connectivity index (χ2v) is 5.65. The van der Waals surface area contributed by atoms with Gasteiger partial charge in [0.15, 0.2) is 9.84 Å². The average molecular weight is 258 g/mol. The van der Waals surface area contributed by atoms with Crippen LogP contribution in [0.25, 0.3) is 0 Å². The standard InChI is InChI=1S/C11H11FO4S/c1-7(2)6-17(15,16)8-3-4-10(12)9(5-8)11(13)14/h3-5H,1,6H2,2H3,(H,13,14). The van der Waals surface area contributed by atoms with Crippen molar-refractivity contribution in [3.8, 4) is 0 Å². The van der Waals surface area contributed by atoms with Crippen molar-refractivity contribution >= 4 is 15.8 Å². The molecule has 1 N–H and O–H groups in total. The van der Waals surface area contributed by atoms with E-state index in [1.165, 1.54) is 0 Å². The van der Waals surface area contributed by atoms with Crippen LogP contribution in [0, 0.1) is 5.82 Å². The molecule has 0 saturated heterocycles. The van der Waals surface area contributed by atoms with Crippen molar-refractivity contribution in [1.29, 1.82) is 0 Å². The molecule has 1 rings (SSSR count). The van der Waals surface area contributed by atoms with Gasteiger partial charge in [-0.15, -0.1) is 0 Å². The smallest absolute Gasteiger partial charge is 0.338 e. The van der Waals surface area contributed by atoms with Gasteiger partial charge >= 0.3 is 5.97 Å². The molecule has 0 unspecified atom stereocenters. The number of aromatic carboxylic acids is 1. The number of carboxylic acids is 1. The third kappa shape index (κ3) is 3.13. The topological polar surface area (TPSA) is 71.4 Å². The molecular weight excluding hydrogens is 247 g/mol. The second-order valence-electron chi connectivity index (χ2n) is 3.66. The Morgan fingerprint density at radius 1 is 1.47 bits per heavy atom. The van der Waals surface area contributed by atoms with Gasteiger partial charge < -0.3 is 5.11 Å². The fourth-order valence-electron chi connectivity index (χ4n) is 1.27. The number of hydrogen-bond acceptors (Lipinski definition) is 3. The first-order valence-corrected chi connectivity index (χ1v) is 6.29. The lowest BCUT2D eigenvalue weighted by atomic mass is 10.2. The van der Waals surface area contributed by atoms with E-state index >= 15 is 0 Å². The Bertz CT molecular complexity index is 575. The Morgan fingerprint density at radius 2 is 2.06 bits per heavy atom. The number of sulfone groups is 1. The molecule has 0 radical (unpaired) electrons. The van der Waals surface area contributed by atoms with E-state index in [2.05, 4.69) is 6.58 Å². The summed E-state index contributed by atoms with van der Waals surface area (Å²) in [5.41, 5.74) is -0.237. The largest absolute Gasteiger partial charge is 0.478 e. The fourth-order valence-corrected chi connectivity index (χ4v) is 2.66. The van der Waals surface area contributed by atoms with Crippen LogP contribution in [0.5, 0.6) is 0 Å². The molecule has 1 aromatic rings. The number of hydrogen-bond donors (Lipinski definition) is 1. The SMILES string of the molecule is C=C(C)CS(=O)(=O)c1ccc(F)c(C(=O)O)c1. The first kappa shape index (κ1) is 13.4.